The molecule has 1 fully saturated rings. The zero-order chi connectivity index (χ0) is 11.7. The molecule has 0 radical (unpaired) electrons. The molecule has 0 aliphatic carbocycles. The highest BCUT2D eigenvalue weighted by atomic mass is 35.5. The van der Waals surface area contributed by atoms with Gasteiger partial charge in [0, 0.05) is 18.4 Å². The number of halogens is 2. The van der Waals surface area contributed by atoms with Crippen molar-refractivity contribution in [1.82, 2.24) is 5.32 Å². The maximum Gasteiger partial charge on any atom is 0.220 e. The second-order valence-electron chi connectivity index (χ2n) is 4.07. The molecule has 1 heterocycles. The minimum absolute atomic E-state index is 0.0531. The summed E-state index contributed by atoms with van der Waals surface area (Å²) in [6.07, 6.45) is 1.33. The van der Waals surface area contributed by atoms with Crippen molar-refractivity contribution in [2.24, 2.45) is 0 Å². The van der Waals surface area contributed by atoms with E-state index in [1.165, 1.54) is 6.07 Å². The fraction of sp³-hybridized carbons (Fsp3) is 0.417. The predicted molar refractivity (Wildman–Crippen MR) is 61.0 cm³/mol. The average molecular weight is 242 g/mol. The monoisotopic (exact) mass is 241 g/mol. The van der Waals surface area contributed by atoms with E-state index in [9.17, 15) is 9.18 Å². The molecular weight excluding hydrogens is 229 g/mol. The Bertz CT molecular complexity index is 421. The second kappa shape index (κ2) is 4.42. The fourth-order valence-corrected chi connectivity index (χ4v) is 2.38. The molecule has 0 spiro atoms. The summed E-state index contributed by atoms with van der Waals surface area (Å²) in [6.45, 7) is 2.02. The van der Waals surface area contributed by atoms with Crippen LogP contribution in [0.15, 0.2) is 18.2 Å². The van der Waals surface area contributed by atoms with Crippen molar-refractivity contribution in [2.45, 2.75) is 31.7 Å². The summed E-state index contributed by atoms with van der Waals surface area (Å²) in [5.41, 5.74) is 0.927. The first-order valence-electron chi connectivity index (χ1n) is 5.36. The van der Waals surface area contributed by atoms with Crippen LogP contribution in [0, 0.1) is 5.82 Å². The summed E-state index contributed by atoms with van der Waals surface area (Å²) >= 11 is 5.74. The van der Waals surface area contributed by atoms with Crippen molar-refractivity contribution < 1.29 is 9.18 Å². The first-order valence-corrected chi connectivity index (χ1v) is 5.74. The average Bonchev–Trinajstić information content (AvgIpc) is 2.63. The van der Waals surface area contributed by atoms with Crippen molar-refractivity contribution in [2.75, 3.05) is 0 Å². The van der Waals surface area contributed by atoms with Crippen molar-refractivity contribution >= 4 is 17.5 Å². The summed E-state index contributed by atoms with van der Waals surface area (Å²) in [7, 11) is 0. The molecule has 1 aliphatic heterocycles. The molecule has 2 atom stereocenters. The number of hydrogen-bond donors (Lipinski definition) is 1. The van der Waals surface area contributed by atoms with Gasteiger partial charge in [-0.05, 0) is 24.1 Å². The van der Waals surface area contributed by atoms with E-state index in [2.05, 4.69) is 5.32 Å². The third kappa shape index (κ3) is 2.05. The Labute approximate surface area is 98.8 Å². The zero-order valence-corrected chi connectivity index (χ0v) is 9.72. The van der Waals surface area contributed by atoms with E-state index in [-0.39, 0.29) is 22.9 Å². The van der Waals surface area contributed by atoms with E-state index in [0.717, 1.165) is 12.0 Å². The summed E-state index contributed by atoms with van der Waals surface area (Å²) < 4.78 is 13.0. The first-order chi connectivity index (χ1) is 7.61. The van der Waals surface area contributed by atoms with Crippen molar-refractivity contribution in [3.63, 3.8) is 0 Å². The molecule has 16 heavy (non-hydrogen) atoms. The highest BCUT2D eigenvalue weighted by Gasteiger charge is 2.32. The van der Waals surface area contributed by atoms with E-state index in [4.69, 9.17) is 11.6 Å². The van der Waals surface area contributed by atoms with Gasteiger partial charge in [-0.25, -0.2) is 4.39 Å². The van der Waals surface area contributed by atoms with Gasteiger partial charge in [0.05, 0.1) is 5.02 Å². The van der Waals surface area contributed by atoms with Crippen LogP contribution < -0.4 is 5.32 Å². The zero-order valence-electron chi connectivity index (χ0n) is 8.97. The summed E-state index contributed by atoms with van der Waals surface area (Å²) in [4.78, 5) is 11.3. The van der Waals surface area contributed by atoms with Gasteiger partial charge in [-0.2, -0.15) is 0 Å². The Hall–Kier alpha value is -1.09. The van der Waals surface area contributed by atoms with E-state index in [1.54, 1.807) is 12.1 Å². The molecule has 4 heteroatoms. The van der Waals surface area contributed by atoms with Gasteiger partial charge < -0.3 is 5.32 Å². The SMILES string of the molecule is CCC1NC(=O)CC1c1ccc(F)c(Cl)c1. The smallest absolute Gasteiger partial charge is 0.220 e. The molecule has 2 nitrogen and oxygen atoms in total. The third-order valence-corrected chi connectivity index (χ3v) is 3.34. The van der Waals surface area contributed by atoms with E-state index in [0.29, 0.717) is 6.42 Å². The Balaban J connectivity index is 2.29. The molecule has 2 rings (SSSR count). The van der Waals surface area contributed by atoms with Crippen LogP contribution in [-0.2, 0) is 4.79 Å². The Kier molecular flexibility index (Phi) is 3.15. The van der Waals surface area contributed by atoms with Gasteiger partial charge in [0.2, 0.25) is 5.91 Å². The van der Waals surface area contributed by atoms with Gasteiger partial charge in [0.15, 0.2) is 0 Å². The van der Waals surface area contributed by atoms with Crippen molar-refractivity contribution in [3.8, 4) is 0 Å². The van der Waals surface area contributed by atoms with E-state index in [1.807, 2.05) is 6.92 Å². The lowest BCUT2D eigenvalue weighted by molar-refractivity contribution is -0.119. The van der Waals surface area contributed by atoms with Crippen molar-refractivity contribution in [1.29, 1.82) is 0 Å². The third-order valence-electron chi connectivity index (χ3n) is 3.05. The van der Waals surface area contributed by atoms with Gasteiger partial charge in [-0.3, -0.25) is 4.79 Å². The summed E-state index contributed by atoms with van der Waals surface area (Å²) in [6, 6.07) is 4.81. The minimum atomic E-state index is -0.421. The van der Waals surface area contributed by atoms with Crippen LogP contribution in [-0.4, -0.2) is 11.9 Å². The second-order valence-corrected chi connectivity index (χ2v) is 4.47. The largest absolute Gasteiger partial charge is 0.353 e. The summed E-state index contributed by atoms with van der Waals surface area (Å²) in [5.74, 6) is -0.261. The van der Waals surface area contributed by atoms with Crippen LogP contribution in [0.5, 0.6) is 0 Å². The number of carbonyl (C=O) groups excluding carboxylic acids is 1. The fourth-order valence-electron chi connectivity index (χ4n) is 2.19. The Morgan fingerprint density at radius 2 is 2.31 bits per heavy atom. The van der Waals surface area contributed by atoms with Gasteiger partial charge in [-0.1, -0.05) is 24.6 Å². The quantitative estimate of drug-likeness (QED) is 0.848. The number of amides is 1. The number of rotatable bonds is 2. The van der Waals surface area contributed by atoms with Crippen LogP contribution in [0.4, 0.5) is 4.39 Å². The van der Waals surface area contributed by atoms with Gasteiger partial charge >= 0.3 is 0 Å². The predicted octanol–water partition coefficient (Wildman–Crippen LogP) is 2.86. The highest BCUT2D eigenvalue weighted by molar-refractivity contribution is 6.30. The molecule has 0 saturated carbocycles. The lowest BCUT2D eigenvalue weighted by Gasteiger charge is -2.17. The van der Waals surface area contributed by atoms with Crippen LogP contribution in [0.1, 0.15) is 31.2 Å². The van der Waals surface area contributed by atoms with Crippen LogP contribution in [0.25, 0.3) is 0 Å². The molecule has 1 aromatic carbocycles. The van der Waals surface area contributed by atoms with Crippen molar-refractivity contribution in [3.05, 3.63) is 34.6 Å². The molecule has 86 valence electrons. The van der Waals surface area contributed by atoms with E-state index >= 15 is 0 Å². The van der Waals surface area contributed by atoms with Gasteiger partial charge in [-0.15, -0.1) is 0 Å². The molecule has 1 saturated heterocycles. The highest BCUT2D eigenvalue weighted by Crippen LogP contribution is 2.32. The van der Waals surface area contributed by atoms with Gasteiger partial charge in [0.25, 0.3) is 0 Å². The number of carbonyl (C=O) groups is 1. The summed E-state index contributed by atoms with van der Waals surface area (Å²) in [5, 5.41) is 3.03. The molecule has 1 amide bonds. The maximum atomic E-state index is 13.0. The van der Waals surface area contributed by atoms with Crippen LogP contribution >= 0.6 is 11.6 Å². The standard InChI is InChI=1S/C12H13ClFNO/c1-2-11-8(6-12(16)15-11)7-3-4-10(14)9(13)5-7/h3-5,8,11H,2,6H2,1H3,(H,15,16). The van der Waals surface area contributed by atoms with Crippen LogP contribution in [0.3, 0.4) is 0 Å². The first kappa shape index (κ1) is 11.4. The minimum Gasteiger partial charge on any atom is -0.353 e. The molecule has 1 aromatic rings. The maximum absolute atomic E-state index is 13.0. The number of hydrogen-bond acceptors (Lipinski definition) is 1. The lowest BCUT2D eigenvalue weighted by Crippen LogP contribution is -2.27. The lowest BCUT2D eigenvalue weighted by atomic mass is 9.90. The molecule has 0 aromatic heterocycles. The molecule has 2 unspecified atom stereocenters. The number of nitrogens with one attached hydrogen (secondary N) is 1. The molecule has 0 bridgehead atoms. The normalized spacial score (nSPS) is 24.6. The van der Waals surface area contributed by atoms with Crippen LogP contribution in [0.2, 0.25) is 5.02 Å². The Morgan fingerprint density at radius 3 is 2.94 bits per heavy atom. The topological polar surface area (TPSA) is 29.1 Å². The molecule has 1 aliphatic rings. The Morgan fingerprint density at radius 1 is 1.56 bits per heavy atom. The molecular formula is C12H13ClFNO. The van der Waals surface area contributed by atoms with E-state index < -0.39 is 5.82 Å². The number of benzene rings is 1. The van der Waals surface area contributed by atoms with Gasteiger partial charge in [0.1, 0.15) is 5.82 Å². The molecule has 1 N–H and O–H groups in total.